The third-order valence-corrected chi connectivity index (χ3v) is 4.41. The Balaban J connectivity index is 1.95. The lowest BCUT2D eigenvalue weighted by Crippen LogP contribution is -2.33. The number of hydrogen-bond acceptors (Lipinski definition) is 4. The van der Waals surface area contributed by atoms with Crippen molar-refractivity contribution in [3.8, 4) is 0 Å². The number of aliphatic carboxylic acids is 1. The number of carboxylic acids is 1. The van der Waals surface area contributed by atoms with Gasteiger partial charge in [0.1, 0.15) is 5.82 Å². The van der Waals surface area contributed by atoms with Gasteiger partial charge in [0.05, 0.1) is 11.0 Å². The Hall–Kier alpha value is -1.51. The van der Waals surface area contributed by atoms with Gasteiger partial charge in [0, 0.05) is 6.54 Å². The molecule has 1 aromatic rings. The van der Waals surface area contributed by atoms with Crippen molar-refractivity contribution in [3.05, 3.63) is 30.1 Å². The lowest BCUT2D eigenvalue weighted by Gasteiger charge is -2.12. The van der Waals surface area contributed by atoms with Crippen LogP contribution in [0.4, 0.5) is 4.39 Å². The Morgan fingerprint density at radius 3 is 2.80 bits per heavy atom. The molecule has 0 amide bonds. The molecule has 2 rings (SSSR count). The summed E-state index contributed by atoms with van der Waals surface area (Å²) in [6, 6.07) is 4.64. The molecule has 0 radical (unpaired) electrons. The summed E-state index contributed by atoms with van der Waals surface area (Å²) in [7, 11) is -3.83. The highest BCUT2D eigenvalue weighted by atomic mass is 32.2. The second kappa shape index (κ2) is 5.86. The van der Waals surface area contributed by atoms with Gasteiger partial charge >= 0.3 is 5.97 Å². The molecule has 8 heteroatoms. The SMILES string of the molecule is O=C(O)C1CCC(CNS(=O)(=O)c2cccc(F)c2)O1. The average Bonchev–Trinajstić information content (AvgIpc) is 2.85. The summed E-state index contributed by atoms with van der Waals surface area (Å²) >= 11 is 0. The van der Waals surface area contributed by atoms with Crippen molar-refractivity contribution in [1.29, 1.82) is 0 Å². The monoisotopic (exact) mass is 303 g/mol. The maximum absolute atomic E-state index is 13.0. The molecule has 0 saturated carbocycles. The zero-order valence-corrected chi connectivity index (χ0v) is 11.3. The Kier molecular flexibility index (Phi) is 4.36. The van der Waals surface area contributed by atoms with Crippen molar-refractivity contribution in [2.45, 2.75) is 29.9 Å². The normalized spacial score (nSPS) is 22.9. The summed E-state index contributed by atoms with van der Waals surface area (Å²) in [5.41, 5.74) is 0. The van der Waals surface area contributed by atoms with Crippen molar-refractivity contribution in [3.63, 3.8) is 0 Å². The van der Waals surface area contributed by atoms with Crippen LogP contribution < -0.4 is 4.72 Å². The third-order valence-electron chi connectivity index (χ3n) is 2.99. The minimum absolute atomic E-state index is 0.0391. The fourth-order valence-electron chi connectivity index (χ4n) is 1.96. The molecule has 2 atom stereocenters. The number of benzene rings is 1. The number of halogens is 1. The van der Waals surface area contributed by atoms with E-state index >= 15 is 0 Å². The van der Waals surface area contributed by atoms with Crippen LogP contribution in [0.25, 0.3) is 0 Å². The van der Waals surface area contributed by atoms with E-state index in [1.165, 1.54) is 12.1 Å². The van der Waals surface area contributed by atoms with Gasteiger partial charge in [-0.15, -0.1) is 0 Å². The summed E-state index contributed by atoms with van der Waals surface area (Å²) in [5, 5.41) is 8.76. The van der Waals surface area contributed by atoms with Crippen LogP contribution in [-0.2, 0) is 19.6 Å². The second-order valence-corrected chi connectivity index (χ2v) is 6.24. The first-order chi connectivity index (χ1) is 9.38. The van der Waals surface area contributed by atoms with Gasteiger partial charge < -0.3 is 9.84 Å². The minimum atomic E-state index is -3.83. The maximum Gasteiger partial charge on any atom is 0.332 e. The number of hydrogen-bond donors (Lipinski definition) is 2. The highest BCUT2D eigenvalue weighted by molar-refractivity contribution is 7.89. The molecule has 110 valence electrons. The third kappa shape index (κ3) is 3.53. The lowest BCUT2D eigenvalue weighted by atomic mass is 10.2. The first-order valence-electron chi connectivity index (χ1n) is 6.02. The molecule has 2 N–H and O–H groups in total. The molecule has 1 aromatic carbocycles. The van der Waals surface area contributed by atoms with Gasteiger partial charge in [-0.05, 0) is 31.0 Å². The Bertz CT molecular complexity index is 604. The molecule has 0 aliphatic carbocycles. The van der Waals surface area contributed by atoms with Gasteiger partial charge in [-0.3, -0.25) is 0 Å². The maximum atomic E-state index is 13.0. The lowest BCUT2D eigenvalue weighted by molar-refractivity contribution is -0.149. The molecule has 2 unspecified atom stereocenters. The van der Waals surface area contributed by atoms with Crippen molar-refractivity contribution in [1.82, 2.24) is 4.72 Å². The van der Waals surface area contributed by atoms with E-state index in [-0.39, 0.29) is 11.4 Å². The molecule has 20 heavy (non-hydrogen) atoms. The van der Waals surface area contributed by atoms with Crippen molar-refractivity contribution < 1.29 is 27.4 Å². The van der Waals surface area contributed by atoms with Gasteiger partial charge in [-0.1, -0.05) is 6.07 Å². The van der Waals surface area contributed by atoms with Crippen LogP contribution in [0.15, 0.2) is 29.2 Å². The van der Waals surface area contributed by atoms with Gasteiger partial charge in [0.25, 0.3) is 0 Å². The standard InChI is InChI=1S/C12H14FNO5S/c13-8-2-1-3-10(6-8)20(17,18)14-7-9-4-5-11(19-9)12(15)16/h1-3,6,9,11,14H,4-5,7H2,(H,15,16). The number of carbonyl (C=O) groups is 1. The Morgan fingerprint density at radius 2 is 2.20 bits per heavy atom. The molecule has 1 aliphatic heterocycles. The van der Waals surface area contributed by atoms with Crippen LogP contribution in [-0.4, -0.2) is 38.2 Å². The quantitative estimate of drug-likeness (QED) is 0.837. The number of carboxylic acid groups (broad SMARTS) is 1. The highest BCUT2D eigenvalue weighted by Crippen LogP contribution is 2.20. The van der Waals surface area contributed by atoms with Crippen LogP contribution in [0.3, 0.4) is 0 Å². The summed E-state index contributed by atoms with van der Waals surface area (Å²) in [5.74, 6) is -1.70. The Labute approximate surface area is 115 Å². The largest absolute Gasteiger partial charge is 0.479 e. The minimum Gasteiger partial charge on any atom is -0.479 e. The van der Waals surface area contributed by atoms with Crippen LogP contribution in [0.5, 0.6) is 0 Å². The summed E-state index contributed by atoms with van der Waals surface area (Å²) < 4.78 is 44.3. The van der Waals surface area contributed by atoms with E-state index in [2.05, 4.69) is 4.72 Å². The second-order valence-electron chi connectivity index (χ2n) is 4.47. The number of rotatable bonds is 5. The van der Waals surface area contributed by atoms with Crippen LogP contribution in [0.2, 0.25) is 0 Å². The van der Waals surface area contributed by atoms with Gasteiger partial charge in [-0.2, -0.15) is 0 Å². The van der Waals surface area contributed by atoms with Crippen molar-refractivity contribution in [2.75, 3.05) is 6.54 Å². The first kappa shape index (κ1) is 14.9. The molecule has 0 bridgehead atoms. The smallest absolute Gasteiger partial charge is 0.332 e. The van der Waals surface area contributed by atoms with Gasteiger partial charge in [-0.25, -0.2) is 22.3 Å². The fraction of sp³-hybridized carbons (Fsp3) is 0.417. The predicted molar refractivity (Wildman–Crippen MR) is 67.1 cm³/mol. The predicted octanol–water partition coefficient (Wildman–Crippen LogP) is 0.736. The van der Waals surface area contributed by atoms with Crippen molar-refractivity contribution in [2.24, 2.45) is 0 Å². The highest BCUT2D eigenvalue weighted by Gasteiger charge is 2.31. The van der Waals surface area contributed by atoms with Gasteiger partial charge in [0.2, 0.25) is 10.0 Å². The molecule has 1 saturated heterocycles. The molecular formula is C12H14FNO5S. The molecule has 1 fully saturated rings. The average molecular weight is 303 g/mol. The van der Waals surface area contributed by atoms with E-state index in [9.17, 15) is 17.6 Å². The Morgan fingerprint density at radius 1 is 1.45 bits per heavy atom. The molecule has 1 heterocycles. The van der Waals surface area contributed by atoms with E-state index in [1.54, 1.807) is 0 Å². The molecular weight excluding hydrogens is 289 g/mol. The molecule has 0 spiro atoms. The number of sulfonamides is 1. The molecule has 0 aromatic heterocycles. The fourth-order valence-corrected chi connectivity index (χ4v) is 3.06. The summed E-state index contributed by atoms with van der Waals surface area (Å²) in [4.78, 5) is 10.5. The summed E-state index contributed by atoms with van der Waals surface area (Å²) in [6.07, 6.45) is -0.567. The first-order valence-corrected chi connectivity index (χ1v) is 7.50. The van der Waals surface area contributed by atoms with Gasteiger partial charge in [0.15, 0.2) is 6.10 Å². The zero-order valence-electron chi connectivity index (χ0n) is 10.5. The van der Waals surface area contributed by atoms with Crippen LogP contribution in [0, 0.1) is 5.82 Å². The zero-order chi connectivity index (χ0) is 14.8. The summed E-state index contributed by atoms with van der Waals surface area (Å²) in [6.45, 7) is -0.0391. The van der Waals surface area contributed by atoms with E-state index in [4.69, 9.17) is 9.84 Å². The van der Waals surface area contributed by atoms with Crippen LogP contribution >= 0.6 is 0 Å². The number of ether oxygens (including phenoxy) is 1. The molecule has 6 nitrogen and oxygen atoms in total. The van der Waals surface area contributed by atoms with Crippen molar-refractivity contribution >= 4 is 16.0 Å². The molecule has 1 aliphatic rings. The van der Waals surface area contributed by atoms with E-state index in [0.29, 0.717) is 12.8 Å². The van der Waals surface area contributed by atoms with E-state index in [0.717, 1.165) is 12.1 Å². The van der Waals surface area contributed by atoms with Crippen LogP contribution in [0.1, 0.15) is 12.8 Å². The number of nitrogens with one attached hydrogen (secondary N) is 1. The van der Waals surface area contributed by atoms with E-state index < -0.39 is 34.0 Å². The van der Waals surface area contributed by atoms with E-state index in [1.807, 2.05) is 0 Å². The topological polar surface area (TPSA) is 92.7 Å².